The van der Waals surface area contributed by atoms with E-state index >= 15 is 0 Å². The number of hydrogen-bond acceptors (Lipinski definition) is 3. The van der Waals surface area contributed by atoms with E-state index in [2.05, 4.69) is 26.0 Å². The zero-order valence-corrected chi connectivity index (χ0v) is 9.72. The summed E-state index contributed by atoms with van der Waals surface area (Å²) < 4.78 is 2.49. The monoisotopic (exact) mass is 267 g/mol. The lowest BCUT2D eigenvalue weighted by Gasteiger charge is -2.10. The van der Waals surface area contributed by atoms with Gasteiger partial charge < -0.3 is 5.11 Å². The quantitative estimate of drug-likeness (QED) is 0.901. The van der Waals surface area contributed by atoms with Crippen LogP contribution in [0.3, 0.4) is 0 Å². The number of aliphatic hydroxyl groups is 1. The molecule has 0 aliphatic rings. The Morgan fingerprint density at radius 2 is 2.27 bits per heavy atom. The lowest BCUT2D eigenvalue weighted by atomic mass is 10.1. The van der Waals surface area contributed by atoms with Gasteiger partial charge in [-0.25, -0.2) is 0 Å². The topological polar surface area (TPSA) is 50.9 Å². The van der Waals surface area contributed by atoms with E-state index < -0.39 is 6.10 Å². The Balaban J connectivity index is 2.36. The summed E-state index contributed by atoms with van der Waals surface area (Å²) in [5, 5.41) is 14.1. The fraction of sp³-hybridized carbons (Fsp3) is 0.200. The molecule has 78 valence electrons. The zero-order chi connectivity index (χ0) is 10.8. The molecule has 0 radical (unpaired) electrons. The van der Waals surface area contributed by atoms with Gasteiger partial charge >= 0.3 is 0 Å². The molecule has 0 saturated heterocycles. The second-order valence-corrected chi connectivity index (χ2v) is 4.13. The van der Waals surface area contributed by atoms with Crippen molar-refractivity contribution >= 4 is 15.9 Å². The maximum atomic E-state index is 10.1. The van der Waals surface area contributed by atoms with Gasteiger partial charge in [-0.15, -0.1) is 0 Å². The summed E-state index contributed by atoms with van der Waals surface area (Å²) in [6.45, 7) is 0. The van der Waals surface area contributed by atoms with Crippen molar-refractivity contribution in [1.29, 1.82) is 0 Å². The van der Waals surface area contributed by atoms with Crippen LogP contribution < -0.4 is 0 Å². The summed E-state index contributed by atoms with van der Waals surface area (Å²) >= 11 is 3.32. The summed E-state index contributed by atoms with van der Waals surface area (Å²) in [6.07, 6.45) is 4.29. The van der Waals surface area contributed by atoms with Crippen LogP contribution >= 0.6 is 15.9 Å². The smallest absolute Gasteiger partial charge is 0.122 e. The molecule has 2 aromatic rings. The third-order valence-electron chi connectivity index (χ3n) is 2.18. The van der Waals surface area contributed by atoms with E-state index in [4.69, 9.17) is 0 Å². The molecule has 0 aliphatic heterocycles. The van der Waals surface area contributed by atoms with Crippen molar-refractivity contribution in [3.8, 4) is 0 Å². The van der Waals surface area contributed by atoms with E-state index in [0.29, 0.717) is 0 Å². The SMILES string of the molecule is Cn1nccc1C(O)c1cncc(Br)c1. The Morgan fingerprint density at radius 1 is 1.47 bits per heavy atom. The highest BCUT2D eigenvalue weighted by atomic mass is 79.9. The average Bonchev–Trinajstić information content (AvgIpc) is 2.63. The maximum absolute atomic E-state index is 10.1. The average molecular weight is 268 g/mol. The van der Waals surface area contributed by atoms with Crippen LogP contribution in [0.4, 0.5) is 0 Å². The molecule has 5 heteroatoms. The Morgan fingerprint density at radius 3 is 2.87 bits per heavy atom. The molecule has 1 unspecified atom stereocenters. The minimum atomic E-state index is -0.692. The highest BCUT2D eigenvalue weighted by molar-refractivity contribution is 9.10. The summed E-state index contributed by atoms with van der Waals surface area (Å²) in [6, 6.07) is 3.62. The molecule has 0 saturated carbocycles. The minimum absolute atomic E-state index is 0.692. The van der Waals surface area contributed by atoms with Crippen molar-refractivity contribution < 1.29 is 5.11 Å². The molecule has 4 nitrogen and oxygen atoms in total. The summed E-state index contributed by atoms with van der Waals surface area (Å²) in [5.74, 6) is 0. The van der Waals surface area contributed by atoms with Gasteiger partial charge in [0.1, 0.15) is 6.10 Å². The molecule has 0 spiro atoms. The first-order chi connectivity index (χ1) is 7.18. The summed E-state index contributed by atoms with van der Waals surface area (Å²) in [7, 11) is 1.80. The van der Waals surface area contributed by atoms with Gasteiger partial charge in [0.15, 0.2) is 0 Å². The van der Waals surface area contributed by atoms with Crippen LogP contribution in [-0.4, -0.2) is 19.9 Å². The van der Waals surface area contributed by atoms with Crippen LogP contribution in [0.25, 0.3) is 0 Å². The van der Waals surface area contributed by atoms with E-state index in [1.165, 1.54) is 0 Å². The van der Waals surface area contributed by atoms with Crippen LogP contribution in [-0.2, 0) is 7.05 Å². The molecule has 0 bridgehead atoms. The number of rotatable bonds is 2. The van der Waals surface area contributed by atoms with Gasteiger partial charge in [0, 0.05) is 35.7 Å². The molecule has 0 amide bonds. The van der Waals surface area contributed by atoms with E-state index in [1.54, 1.807) is 36.4 Å². The molecular weight excluding hydrogens is 258 g/mol. The fourth-order valence-corrected chi connectivity index (χ4v) is 1.78. The van der Waals surface area contributed by atoms with Gasteiger partial charge in [-0.3, -0.25) is 9.67 Å². The number of halogens is 1. The highest BCUT2D eigenvalue weighted by Crippen LogP contribution is 2.22. The largest absolute Gasteiger partial charge is 0.382 e. The molecule has 2 aromatic heterocycles. The van der Waals surface area contributed by atoms with Gasteiger partial charge in [0.2, 0.25) is 0 Å². The van der Waals surface area contributed by atoms with Crippen LogP contribution in [0.5, 0.6) is 0 Å². The number of pyridine rings is 1. The van der Waals surface area contributed by atoms with Crippen molar-refractivity contribution in [3.05, 3.63) is 46.5 Å². The third-order valence-corrected chi connectivity index (χ3v) is 2.61. The van der Waals surface area contributed by atoms with E-state index in [1.807, 2.05) is 6.07 Å². The van der Waals surface area contributed by atoms with Crippen molar-refractivity contribution in [2.75, 3.05) is 0 Å². The molecular formula is C10H10BrN3O. The molecule has 2 rings (SSSR count). The van der Waals surface area contributed by atoms with Gasteiger partial charge in [0.25, 0.3) is 0 Å². The van der Waals surface area contributed by atoms with Crippen LogP contribution in [0.2, 0.25) is 0 Å². The first-order valence-electron chi connectivity index (χ1n) is 4.45. The van der Waals surface area contributed by atoms with Crippen LogP contribution in [0.1, 0.15) is 17.4 Å². The van der Waals surface area contributed by atoms with Gasteiger partial charge in [-0.05, 0) is 28.1 Å². The number of aryl methyl sites for hydroxylation is 1. The number of nitrogens with zero attached hydrogens (tertiary/aromatic N) is 3. The molecule has 0 aliphatic carbocycles. The first kappa shape index (κ1) is 10.3. The highest BCUT2D eigenvalue weighted by Gasteiger charge is 2.14. The molecule has 1 N–H and O–H groups in total. The fourth-order valence-electron chi connectivity index (χ4n) is 1.40. The number of aliphatic hydroxyl groups excluding tert-OH is 1. The number of aromatic nitrogens is 3. The van der Waals surface area contributed by atoms with E-state index in [0.717, 1.165) is 15.7 Å². The molecule has 15 heavy (non-hydrogen) atoms. The van der Waals surface area contributed by atoms with E-state index in [9.17, 15) is 5.11 Å². The standard InChI is InChI=1S/C10H10BrN3O/c1-14-9(2-3-13-14)10(15)7-4-8(11)6-12-5-7/h2-6,10,15H,1H3. The van der Waals surface area contributed by atoms with Crippen molar-refractivity contribution in [3.63, 3.8) is 0 Å². The molecule has 0 fully saturated rings. The maximum Gasteiger partial charge on any atom is 0.122 e. The Kier molecular flexibility index (Phi) is 2.83. The Hall–Kier alpha value is -1.20. The predicted octanol–water partition coefficient (Wildman–Crippen LogP) is 1.66. The van der Waals surface area contributed by atoms with Crippen LogP contribution in [0.15, 0.2) is 35.2 Å². The Labute approximate surface area is 95.7 Å². The van der Waals surface area contributed by atoms with Crippen LogP contribution in [0, 0.1) is 0 Å². The van der Waals surface area contributed by atoms with Crippen molar-refractivity contribution in [2.45, 2.75) is 6.10 Å². The second-order valence-electron chi connectivity index (χ2n) is 3.22. The molecule has 0 aromatic carbocycles. The number of hydrogen-bond donors (Lipinski definition) is 1. The normalized spacial score (nSPS) is 12.7. The first-order valence-corrected chi connectivity index (χ1v) is 5.24. The summed E-state index contributed by atoms with van der Waals surface area (Å²) in [5.41, 5.74) is 1.49. The zero-order valence-electron chi connectivity index (χ0n) is 8.13. The van der Waals surface area contributed by atoms with Gasteiger partial charge in [-0.2, -0.15) is 5.10 Å². The van der Waals surface area contributed by atoms with Crippen molar-refractivity contribution in [2.24, 2.45) is 7.05 Å². The Bertz CT molecular complexity index is 469. The predicted molar refractivity (Wildman–Crippen MR) is 59.2 cm³/mol. The lowest BCUT2D eigenvalue weighted by Crippen LogP contribution is -2.06. The van der Waals surface area contributed by atoms with Gasteiger partial charge in [-0.1, -0.05) is 0 Å². The molecule has 1 atom stereocenters. The molecule has 2 heterocycles. The van der Waals surface area contributed by atoms with Crippen molar-refractivity contribution in [1.82, 2.24) is 14.8 Å². The summed E-state index contributed by atoms with van der Waals surface area (Å²) in [4.78, 5) is 4.01. The van der Waals surface area contributed by atoms with E-state index in [-0.39, 0.29) is 0 Å². The third kappa shape index (κ3) is 2.08. The van der Waals surface area contributed by atoms with Gasteiger partial charge in [0.05, 0.1) is 5.69 Å². The minimum Gasteiger partial charge on any atom is -0.382 e. The lowest BCUT2D eigenvalue weighted by molar-refractivity contribution is 0.209. The second kappa shape index (κ2) is 4.12.